The van der Waals surface area contributed by atoms with Crippen LogP contribution >= 0.6 is 0 Å². The molecule has 5 unspecified atom stereocenters. The maximum atomic E-state index is 11.2. The Morgan fingerprint density at radius 2 is 2.00 bits per heavy atom. The molecule has 4 aliphatic rings. The smallest absolute Gasteiger partial charge is 0.336 e. The lowest BCUT2D eigenvalue weighted by Crippen LogP contribution is -2.47. The minimum absolute atomic E-state index is 0.0301. The van der Waals surface area contributed by atoms with E-state index in [-0.39, 0.29) is 11.8 Å². The van der Waals surface area contributed by atoms with Gasteiger partial charge in [0.1, 0.15) is 0 Å². The second-order valence-corrected chi connectivity index (χ2v) is 5.34. The summed E-state index contributed by atoms with van der Waals surface area (Å²) < 4.78 is 0. The van der Waals surface area contributed by atoms with Crippen LogP contribution in [-0.4, -0.2) is 21.8 Å². The standard InChI is InChI=1S/C11H16O3/c12-10(13)11(14)8-2-1-6-3-7(5-8)9(11)4-6/h6-9,14H,1-5H2,(H,12,13). The van der Waals surface area contributed by atoms with Crippen molar-refractivity contribution in [1.29, 1.82) is 0 Å². The van der Waals surface area contributed by atoms with Crippen LogP contribution in [-0.2, 0) is 4.79 Å². The molecule has 2 N–H and O–H groups in total. The van der Waals surface area contributed by atoms with Gasteiger partial charge in [-0.3, -0.25) is 0 Å². The van der Waals surface area contributed by atoms with Gasteiger partial charge in [-0.2, -0.15) is 0 Å². The third kappa shape index (κ3) is 0.842. The van der Waals surface area contributed by atoms with Gasteiger partial charge in [-0.05, 0) is 43.4 Å². The number of aliphatic carboxylic acids is 1. The zero-order valence-electron chi connectivity index (χ0n) is 8.15. The zero-order valence-corrected chi connectivity index (χ0v) is 8.15. The molecule has 0 heterocycles. The Balaban J connectivity index is 2.05. The first-order valence-corrected chi connectivity index (χ1v) is 5.58. The molecule has 4 aliphatic carbocycles. The predicted molar refractivity (Wildman–Crippen MR) is 49.6 cm³/mol. The van der Waals surface area contributed by atoms with Gasteiger partial charge in [0.15, 0.2) is 5.60 Å². The normalized spacial score (nSPS) is 54.9. The second-order valence-electron chi connectivity index (χ2n) is 5.34. The van der Waals surface area contributed by atoms with Gasteiger partial charge in [0.05, 0.1) is 0 Å². The van der Waals surface area contributed by atoms with Gasteiger partial charge in [-0.15, -0.1) is 0 Å². The molecule has 0 aromatic rings. The molecule has 4 fully saturated rings. The lowest BCUT2D eigenvalue weighted by molar-refractivity contribution is -0.168. The Morgan fingerprint density at radius 3 is 2.71 bits per heavy atom. The van der Waals surface area contributed by atoms with Crippen LogP contribution in [0.15, 0.2) is 0 Å². The van der Waals surface area contributed by atoms with Crippen LogP contribution in [0.2, 0.25) is 0 Å². The van der Waals surface area contributed by atoms with E-state index >= 15 is 0 Å². The van der Waals surface area contributed by atoms with Crippen molar-refractivity contribution in [3.05, 3.63) is 0 Å². The Hall–Kier alpha value is -0.570. The summed E-state index contributed by atoms with van der Waals surface area (Å²) in [7, 11) is 0. The Labute approximate surface area is 83.1 Å². The molecule has 0 radical (unpaired) electrons. The highest BCUT2D eigenvalue weighted by atomic mass is 16.4. The Morgan fingerprint density at radius 1 is 1.21 bits per heavy atom. The van der Waals surface area contributed by atoms with Crippen molar-refractivity contribution < 1.29 is 15.0 Å². The quantitative estimate of drug-likeness (QED) is 0.663. The number of rotatable bonds is 1. The highest BCUT2D eigenvalue weighted by Crippen LogP contribution is 2.60. The molecule has 0 aliphatic heterocycles. The Bertz CT molecular complexity index is 288. The summed E-state index contributed by atoms with van der Waals surface area (Å²) in [5, 5.41) is 19.5. The fraction of sp³-hybridized carbons (Fsp3) is 0.909. The summed E-state index contributed by atoms with van der Waals surface area (Å²) >= 11 is 0. The van der Waals surface area contributed by atoms with E-state index in [4.69, 9.17) is 0 Å². The van der Waals surface area contributed by atoms with Crippen LogP contribution in [0.4, 0.5) is 0 Å². The summed E-state index contributed by atoms with van der Waals surface area (Å²) in [5.41, 5.74) is -1.38. The number of hydrogen-bond donors (Lipinski definition) is 2. The van der Waals surface area contributed by atoms with Gasteiger partial charge in [-0.1, -0.05) is 6.42 Å². The van der Waals surface area contributed by atoms with Crippen molar-refractivity contribution in [2.24, 2.45) is 23.7 Å². The SMILES string of the molecule is O=C(O)C1(O)C2CCC3CC(C2)C1C3. The fourth-order valence-electron chi connectivity index (χ4n) is 4.23. The average Bonchev–Trinajstić information content (AvgIpc) is 2.44. The Kier molecular flexibility index (Phi) is 1.56. The molecule has 3 heteroatoms. The maximum absolute atomic E-state index is 11.2. The van der Waals surface area contributed by atoms with Crippen molar-refractivity contribution in [3.63, 3.8) is 0 Å². The molecule has 3 nitrogen and oxygen atoms in total. The minimum Gasteiger partial charge on any atom is -0.479 e. The maximum Gasteiger partial charge on any atom is 0.336 e. The molecular weight excluding hydrogens is 180 g/mol. The highest BCUT2D eigenvalue weighted by Gasteiger charge is 2.63. The highest BCUT2D eigenvalue weighted by molar-refractivity contribution is 5.79. The van der Waals surface area contributed by atoms with E-state index in [9.17, 15) is 15.0 Å². The predicted octanol–water partition coefficient (Wildman–Crippen LogP) is 1.26. The van der Waals surface area contributed by atoms with Crippen molar-refractivity contribution in [2.75, 3.05) is 0 Å². The van der Waals surface area contributed by atoms with Gasteiger partial charge in [0.2, 0.25) is 0 Å². The summed E-state index contributed by atoms with van der Waals surface area (Å²) in [6.45, 7) is 0. The number of carbonyl (C=O) groups is 1. The van der Waals surface area contributed by atoms with Gasteiger partial charge in [0.25, 0.3) is 0 Å². The third-order valence-corrected chi connectivity index (χ3v) is 4.83. The second kappa shape index (κ2) is 2.51. The number of carboxylic acid groups (broad SMARTS) is 1. The number of hydrogen-bond acceptors (Lipinski definition) is 2. The number of aliphatic hydroxyl groups is 1. The minimum atomic E-state index is -1.38. The van der Waals surface area contributed by atoms with Crippen molar-refractivity contribution in [3.8, 4) is 0 Å². The molecular formula is C11H16O3. The van der Waals surface area contributed by atoms with E-state index in [1.807, 2.05) is 0 Å². The van der Waals surface area contributed by atoms with Gasteiger partial charge in [-0.25, -0.2) is 4.79 Å². The van der Waals surface area contributed by atoms with Crippen LogP contribution in [0.25, 0.3) is 0 Å². The topological polar surface area (TPSA) is 57.5 Å². The molecule has 4 saturated carbocycles. The molecule has 0 spiro atoms. The molecule has 14 heavy (non-hydrogen) atoms. The molecule has 4 rings (SSSR count). The molecule has 0 aromatic heterocycles. The first kappa shape index (κ1) is 8.72. The average molecular weight is 196 g/mol. The van der Waals surface area contributed by atoms with Crippen molar-refractivity contribution >= 4 is 5.97 Å². The van der Waals surface area contributed by atoms with E-state index in [1.54, 1.807) is 0 Å². The van der Waals surface area contributed by atoms with Gasteiger partial charge in [0, 0.05) is 5.92 Å². The van der Waals surface area contributed by atoms with E-state index in [2.05, 4.69) is 0 Å². The van der Waals surface area contributed by atoms with Crippen molar-refractivity contribution in [1.82, 2.24) is 0 Å². The summed E-state index contributed by atoms with van der Waals surface area (Å²) in [5.74, 6) is 0.300. The third-order valence-electron chi connectivity index (χ3n) is 4.83. The van der Waals surface area contributed by atoms with Crippen LogP contribution < -0.4 is 0 Å². The monoisotopic (exact) mass is 196 g/mol. The van der Waals surface area contributed by atoms with E-state index in [0.29, 0.717) is 11.8 Å². The molecule has 78 valence electrons. The molecule has 5 atom stereocenters. The largest absolute Gasteiger partial charge is 0.479 e. The molecule has 0 saturated heterocycles. The fourth-order valence-corrected chi connectivity index (χ4v) is 4.23. The molecule has 0 amide bonds. The van der Waals surface area contributed by atoms with Crippen molar-refractivity contribution in [2.45, 2.75) is 37.7 Å². The molecule has 0 aromatic carbocycles. The van der Waals surface area contributed by atoms with E-state index in [0.717, 1.165) is 32.1 Å². The lowest BCUT2D eigenvalue weighted by Gasteiger charge is -2.28. The van der Waals surface area contributed by atoms with Crippen LogP contribution in [0, 0.1) is 23.7 Å². The zero-order chi connectivity index (χ0) is 9.92. The van der Waals surface area contributed by atoms with Crippen LogP contribution in [0.5, 0.6) is 0 Å². The first-order valence-electron chi connectivity index (χ1n) is 5.58. The van der Waals surface area contributed by atoms with E-state index in [1.165, 1.54) is 0 Å². The lowest BCUT2D eigenvalue weighted by atomic mass is 9.83. The van der Waals surface area contributed by atoms with Crippen LogP contribution in [0.3, 0.4) is 0 Å². The summed E-state index contributed by atoms with van der Waals surface area (Å²) in [6, 6.07) is 0. The summed E-state index contributed by atoms with van der Waals surface area (Å²) in [6.07, 6.45) is 5.11. The first-order chi connectivity index (χ1) is 6.62. The van der Waals surface area contributed by atoms with Crippen LogP contribution in [0.1, 0.15) is 32.1 Å². The number of fused-ring (bicyclic) bond motifs is 1. The van der Waals surface area contributed by atoms with Gasteiger partial charge >= 0.3 is 5.97 Å². The van der Waals surface area contributed by atoms with Gasteiger partial charge < -0.3 is 10.2 Å². The molecule has 4 bridgehead atoms. The summed E-state index contributed by atoms with van der Waals surface area (Å²) in [4.78, 5) is 11.2. The van der Waals surface area contributed by atoms with E-state index < -0.39 is 11.6 Å². The number of carboxylic acids is 1.